The number of hydrogen-bond acceptors (Lipinski definition) is 4. The van der Waals surface area contributed by atoms with Crippen LogP contribution < -0.4 is 5.32 Å². The second-order valence-corrected chi connectivity index (χ2v) is 5.83. The van der Waals surface area contributed by atoms with Crippen molar-refractivity contribution in [1.29, 1.82) is 0 Å². The van der Waals surface area contributed by atoms with Crippen molar-refractivity contribution >= 4 is 11.3 Å². The Morgan fingerprint density at radius 2 is 2.10 bits per heavy atom. The van der Waals surface area contributed by atoms with Crippen LogP contribution in [0.15, 0.2) is 24.3 Å². The SMILES string of the molecule is COCCNC(c1nc(C)c(C)s1)c1ccccc1F. The molecule has 0 bridgehead atoms. The first-order valence-corrected chi connectivity index (χ1v) is 7.35. The second kappa shape index (κ2) is 6.92. The fourth-order valence-corrected chi connectivity index (χ4v) is 2.98. The van der Waals surface area contributed by atoms with Crippen molar-refractivity contribution in [3.05, 3.63) is 51.2 Å². The van der Waals surface area contributed by atoms with Crippen molar-refractivity contribution in [2.45, 2.75) is 19.9 Å². The summed E-state index contributed by atoms with van der Waals surface area (Å²) < 4.78 is 19.1. The fourth-order valence-electron chi connectivity index (χ4n) is 1.97. The van der Waals surface area contributed by atoms with Crippen molar-refractivity contribution in [3.8, 4) is 0 Å². The number of rotatable bonds is 6. The highest BCUT2D eigenvalue weighted by Crippen LogP contribution is 2.29. The molecule has 1 atom stereocenters. The van der Waals surface area contributed by atoms with E-state index in [2.05, 4.69) is 10.3 Å². The van der Waals surface area contributed by atoms with Gasteiger partial charge in [-0.15, -0.1) is 11.3 Å². The summed E-state index contributed by atoms with van der Waals surface area (Å²) in [5, 5.41) is 4.21. The quantitative estimate of drug-likeness (QED) is 0.831. The smallest absolute Gasteiger partial charge is 0.128 e. The third kappa shape index (κ3) is 3.42. The minimum atomic E-state index is -0.233. The maximum Gasteiger partial charge on any atom is 0.128 e. The second-order valence-electron chi connectivity index (χ2n) is 4.60. The van der Waals surface area contributed by atoms with Gasteiger partial charge in [0.2, 0.25) is 0 Å². The average molecular weight is 294 g/mol. The first kappa shape index (κ1) is 15.1. The average Bonchev–Trinajstić information content (AvgIpc) is 2.76. The molecule has 20 heavy (non-hydrogen) atoms. The molecule has 0 aliphatic heterocycles. The third-order valence-electron chi connectivity index (χ3n) is 3.16. The van der Waals surface area contributed by atoms with Crippen molar-refractivity contribution in [1.82, 2.24) is 10.3 Å². The van der Waals surface area contributed by atoms with Crippen LogP contribution in [-0.4, -0.2) is 25.2 Å². The lowest BCUT2D eigenvalue weighted by Crippen LogP contribution is -2.26. The van der Waals surface area contributed by atoms with Crippen LogP contribution >= 0.6 is 11.3 Å². The van der Waals surface area contributed by atoms with Gasteiger partial charge in [-0.2, -0.15) is 0 Å². The minimum Gasteiger partial charge on any atom is -0.383 e. The van der Waals surface area contributed by atoms with Gasteiger partial charge in [0.25, 0.3) is 0 Å². The molecule has 0 aliphatic rings. The molecule has 5 heteroatoms. The molecule has 0 amide bonds. The highest BCUT2D eigenvalue weighted by atomic mass is 32.1. The Morgan fingerprint density at radius 3 is 2.70 bits per heavy atom. The van der Waals surface area contributed by atoms with E-state index in [1.54, 1.807) is 30.6 Å². The number of aromatic nitrogens is 1. The number of nitrogens with zero attached hydrogens (tertiary/aromatic N) is 1. The van der Waals surface area contributed by atoms with Gasteiger partial charge in [0.05, 0.1) is 18.3 Å². The van der Waals surface area contributed by atoms with Crippen LogP contribution in [0.1, 0.15) is 27.2 Å². The van der Waals surface area contributed by atoms with E-state index in [4.69, 9.17) is 4.74 Å². The van der Waals surface area contributed by atoms with Gasteiger partial charge in [0.1, 0.15) is 10.8 Å². The van der Waals surface area contributed by atoms with Crippen molar-refractivity contribution in [2.75, 3.05) is 20.3 Å². The van der Waals surface area contributed by atoms with Crippen LogP contribution in [0.4, 0.5) is 4.39 Å². The maximum atomic E-state index is 14.0. The molecule has 0 fully saturated rings. The van der Waals surface area contributed by atoms with E-state index >= 15 is 0 Å². The van der Waals surface area contributed by atoms with E-state index in [1.807, 2.05) is 19.9 Å². The summed E-state index contributed by atoms with van der Waals surface area (Å²) >= 11 is 1.60. The van der Waals surface area contributed by atoms with Gasteiger partial charge in [-0.3, -0.25) is 0 Å². The normalized spacial score (nSPS) is 12.6. The molecule has 3 nitrogen and oxygen atoms in total. The number of benzene rings is 1. The molecule has 2 aromatic rings. The maximum absolute atomic E-state index is 14.0. The van der Waals surface area contributed by atoms with E-state index in [0.717, 1.165) is 15.6 Å². The third-order valence-corrected chi connectivity index (χ3v) is 4.30. The molecule has 0 aliphatic carbocycles. The summed E-state index contributed by atoms with van der Waals surface area (Å²) in [5.74, 6) is -0.215. The van der Waals surface area contributed by atoms with Gasteiger partial charge >= 0.3 is 0 Å². The number of nitrogens with one attached hydrogen (secondary N) is 1. The molecule has 0 spiro atoms. The van der Waals surface area contributed by atoms with Gasteiger partial charge in [0.15, 0.2) is 0 Å². The first-order valence-electron chi connectivity index (χ1n) is 6.54. The topological polar surface area (TPSA) is 34.1 Å². The summed E-state index contributed by atoms with van der Waals surface area (Å²) in [5.41, 5.74) is 1.62. The lowest BCUT2D eigenvalue weighted by atomic mass is 10.1. The number of hydrogen-bond donors (Lipinski definition) is 1. The van der Waals surface area contributed by atoms with E-state index < -0.39 is 0 Å². The van der Waals surface area contributed by atoms with Crippen LogP contribution in [0.3, 0.4) is 0 Å². The Balaban J connectivity index is 2.31. The zero-order chi connectivity index (χ0) is 14.5. The molecular weight excluding hydrogens is 275 g/mol. The van der Waals surface area contributed by atoms with E-state index in [-0.39, 0.29) is 11.9 Å². The highest BCUT2D eigenvalue weighted by Gasteiger charge is 2.21. The van der Waals surface area contributed by atoms with Crippen LogP contribution in [-0.2, 0) is 4.74 Å². The molecule has 1 heterocycles. The molecule has 1 aromatic heterocycles. The van der Waals surface area contributed by atoms with Gasteiger partial charge in [-0.05, 0) is 19.9 Å². The van der Waals surface area contributed by atoms with Crippen molar-refractivity contribution < 1.29 is 9.13 Å². The monoisotopic (exact) mass is 294 g/mol. The molecule has 1 N–H and O–H groups in total. The zero-order valence-corrected chi connectivity index (χ0v) is 12.8. The van der Waals surface area contributed by atoms with E-state index in [0.29, 0.717) is 18.7 Å². The van der Waals surface area contributed by atoms with Gasteiger partial charge < -0.3 is 10.1 Å². The van der Waals surface area contributed by atoms with Crippen molar-refractivity contribution in [2.24, 2.45) is 0 Å². The molecule has 0 saturated carbocycles. The molecule has 2 rings (SSSR count). The summed E-state index contributed by atoms with van der Waals surface area (Å²) in [6.45, 7) is 5.23. The fraction of sp³-hybridized carbons (Fsp3) is 0.400. The van der Waals surface area contributed by atoms with Gasteiger partial charge in [-0.25, -0.2) is 9.37 Å². The summed E-state index contributed by atoms with van der Waals surface area (Å²) in [7, 11) is 1.65. The van der Waals surface area contributed by atoms with Crippen molar-refractivity contribution in [3.63, 3.8) is 0 Å². The molecule has 0 radical (unpaired) electrons. The Morgan fingerprint density at radius 1 is 1.35 bits per heavy atom. The molecule has 1 aromatic carbocycles. The summed E-state index contributed by atoms with van der Waals surface area (Å²) in [4.78, 5) is 5.72. The molecule has 1 unspecified atom stereocenters. The van der Waals surface area contributed by atoms with Gasteiger partial charge in [0, 0.05) is 24.1 Å². The zero-order valence-electron chi connectivity index (χ0n) is 11.9. The van der Waals surface area contributed by atoms with E-state index in [9.17, 15) is 4.39 Å². The standard InChI is InChI=1S/C15H19FN2OS/c1-10-11(2)20-15(18-10)14(17-8-9-19-3)12-6-4-5-7-13(12)16/h4-7,14,17H,8-9H2,1-3H3. The highest BCUT2D eigenvalue weighted by molar-refractivity contribution is 7.11. The first-order chi connectivity index (χ1) is 9.63. The van der Waals surface area contributed by atoms with E-state index in [1.165, 1.54) is 6.07 Å². The number of methoxy groups -OCH3 is 1. The number of aryl methyl sites for hydroxylation is 2. The lowest BCUT2D eigenvalue weighted by molar-refractivity contribution is 0.197. The Bertz CT molecular complexity index is 551. The Hall–Kier alpha value is -1.30. The molecular formula is C15H19FN2OS. The van der Waals surface area contributed by atoms with Crippen LogP contribution in [0.5, 0.6) is 0 Å². The van der Waals surface area contributed by atoms with Crippen LogP contribution in [0.2, 0.25) is 0 Å². The lowest BCUT2D eigenvalue weighted by Gasteiger charge is -2.17. The Kier molecular flexibility index (Phi) is 5.23. The summed E-state index contributed by atoms with van der Waals surface area (Å²) in [6, 6.07) is 6.59. The predicted octanol–water partition coefficient (Wildman–Crippen LogP) is 3.22. The van der Waals surface area contributed by atoms with Gasteiger partial charge in [-0.1, -0.05) is 18.2 Å². The van der Waals surface area contributed by atoms with Crippen LogP contribution in [0, 0.1) is 19.7 Å². The number of ether oxygens (including phenoxy) is 1. The number of halogens is 1. The van der Waals surface area contributed by atoms with Crippen LogP contribution in [0.25, 0.3) is 0 Å². The molecule has 0 saturated heterocycles. The summed E-state index contributed by atoms with van der Waals surface area (Å²) in [6.07, 6.45) is 0. The minimum absolute atomic E-state index is 0.215. The molecule has 108 valence electrons. The predicted molar refractivity (Wildman–Crippen MR) is 79.7 cm³/mol. The number of thiazole rings is 1. The largest absolute Gasteiger partial charge is 0.383 e. The Labute approximate surface area is 122 Å².